The molecule has 1 aliphatic carbocycles. The molecule has 1 fully saturated rings. The fourth-order valence-corrected chi connectivity index (χ4v) is 1.79. The highest BCUT2D eigenvalue weighted by molar-refractivity contribution is 5.77. The Labute approximate surface area is 84.7 Å². The molecular formula is C10H19NO3. The zero-order chi connectivity index (χ0) is 10.6. The second-order valence-corrected chi connectivity index (χ2v) is 4.06. The van der Waals surface area contributed by atoms with Gasteiger partial charge in [0.25, 0.3) is 0 Å². The summed E-state index contributed by atoms with van der Waals surface area (Å²) in [6.45, 7) is 0.649. The summed E-state index contributed by atoms with van der Waals surface area (Å²) < 4.78 is 9.86. The number of hydrogen-bond donors (Lipinski definition) is 1. The molecule has 1 saturated carbocycles. The van der Waals surface area contributed by atoms with Crippen LogP contribution in [-0.2, 0) is 14.3 Å². The maximum atomic E-state index is 11.6. The Morgan fingerprint density at radius 1 is 1.50 bits per heavy atom. The maximum absolute atomic E-state index is 11.6. The van der Waals surface area contributed by atoms with Gasteiger partial charge in [0.05, 0.1) is 13.7 Å². The van der Waals surface area contributed by atoms with Crippen LogP contribution in [0.2, 0.25) is 0 Å². The van der Waals surface area contributed by atoms with Crippen LogP contribution in [0.3, 0.4) is 0 Å². The van der Waals surface area contributed by atoms with Crippen molar-refractivity contribution >= 4 is 5.97 Å². The van der Waals surface area contributed by atoms with Gasteiger partial charge in [0.15, 0.2) is 0 Å². The summed E-state index contributed by atoms with van der Waals surface area (Å²) in [5, 5.41) is 0. The number of carbonyl (C=O) groups is 1. The number of esters is 1. The average Bonchev–Trinajstić information content (AvgIpc) is 2.99. The van der Waals surface area contributed by atoms with Crippen LogP contribution in [0.15, 0.2) is 0 Å². The largest absolute Gasteiger partial charge is 0.468 e. The van der Waals surface area contributed by atoms with Crippen molar-refractivity contribution in [2.45, 2.75) is 19.3 Å². The molecule has 82 valence electrons. The maximum Gasteiger partial charge on any atom is 0.315 e. The number of rotatable bonds is 6. The van der Waals surface area contributed by atoms with E-state index in [4.69, 9.17) is 15.2 Å². The third-order valence-electron chi connectivity index (χ3n) is 2.81. The Morgan fingerprint density at radius 3 is 2.50 bits per heavy atom. The molecule has 1 atom stereocenters. The first-order chi connectivity index (χ1) is 6.68. The van der Waals surface area contributed by atoms with Gasteiger partial charge < -0.3 is 15.2 Å². The summed E-state index contributed by atoms with van der Waals surface area (Å²) >= 11 is 0. The van der Waals surface area contributed by atoms with E-state index in [1.165, 1.54) is 20.0 Å². The first-order valence-corrected chi connectivity index (χ1v) is 4.96. The molecule has 4 nitrogen and oxygen atoms in total. The molecule has 0 aromatic heterocycles. The van der Waals surface area contributed by atoms with Crippen LogP contribution >= 0.6 is 0 Å². The molecule has 1 rings (SSSR count). The van der Waals surface area contributed by atoms with Gasteiger partial charge in [-0.2, -0.15) is 0 Å². The van der Waals surface area contributed by atoms with E-state index >= 15 is 0 Å². The van der Waals surface area contributed by atoms with E-state index in [0.29, 0.717) is 19.1 Å². The van der Waals surface area contributed by atoms with Crippen LogP contribution in [-0.4, -0.2) is 33.3 Å². The first-order valence-electron chi connectivity index (χ1n) is 4.96. The van der Waals surface area contributed by atoms with Crippen molar-refractivity contribution in [3.8, 4) is 0 Å². The number of ether oxygens (including phenoxy) is 2. The van der Waals surface area contributed by atoms with E-state index in [1.807, 2.05) is 0 Å². The van der Waals surface area contributed by atoms with Crippen LogP contribution in [0.25, 0.3) is 0 Å². The Morgan fingerprint density at radius 2 is 2.14 bits per heavy atom. The normalized spacial score (nSPS) is 20.2. The Kier molecular flexibility index (Phi) is 3.89. The van der Waals surface area contributed by atoms with Crippen molar-refractivity contribution in [3.05, 3.63) is 0 Å². The summed E-state index contributed by atoms with van der Waals surface area (Å²) in [6, 6.07) is 0. The minimum Gasteiger partial charge on any atom is -0.468 e. The Hall–Kier alpha value is -0.610. The molecule has 1 aliphatic rings. The minimum absolute atomic E-state index is 0.242. The van der Waals surface area contributed by atoms with Gasteiger partial charge in [0.1, 0.15) is 5.41 Å². The highest BCUT2D eigenvalue weighted by atomic mass is 16.5. The number of hydrogen-bond acceptors (Lipinski definition) is 4. The van der Waals surface area contributed by atoms with E-state index in [9.17, 15) is 4.79 Å². The minimum atomic E-state index is -0.620. The fraction of sp³-hybridized carbons (Fsp3) is 0.900. The van der Waals surface area contributed by atoms with Gasteiger partial charge in [-0.25, -0.2) is 0 Å². The second kappa shape index (κ2) is 4.75. The summed E-state index contributed by atoms with van der Waals surface area (Å²) in [5.41, 5.74) is 5.05. The van der Waals surface area contributed by atoms with E-state index < -0.39 is 5.41 Å². The van der Waals surface area contributed by atoms with Crippen molar-refractivity contribution in [1.29, 1.82) is 0 Å². The first kappa shape index (κ1) is 11.5. The Balaban J connectivity index is 2.66. The van der Waals surface area contributed by atoms with Crippen molar-refractivity contribution in [2.24, 2.45) is 17.1 Å². The van der Waals surface area contributed by atoms with Crippen molar-refractivity contribution in [3.63, 3.8) is 0 Å². The lowest BCUT2D eigenvalue weighted by molar-refractivity contribution is -0.156. The van der Waals surface area contributed by atoms with Crippen LogP contribution < -0.4 is 5.73 Å². The SMILES string of the molecule is COCC(CN)(CC1CC1)C(=O)OC. The number of carbonyl (C=O) groups excluding carboxylic acids is 1. The standard InChI is InChI=1S/C10H19NO3/c1-13-7-10(6-11,9(12)14-2)5-8-3-4-8/h8H,3-7,11H2,1-2H3. The molecule has 0 aromatic carbocycles. The van der Waals surface area contributed by atoms with Gasteiger partial charge >= 0.3 is 5.97 Å². The molecule has 2 N–H and O–H groups in total. The van der Waals surface area contributed by atoms with Crippen LogP contribution in [0.1, 0.15) is 19.3 Å². The van der Waals surface area contributed by atoms with E-state index in [1.54, 1.807) is 7.11 Å². The van der Waals surface area contributed by atoms with Gasteiger partial charge in [-0.1, -0.05) is 12.8 Å². The fourth-order valence-electron chi connectivity index (χ4n) is 1.79. The topological polar surface area (TPSA) is 61.5 Å². The van der Waals surface area contributed by atoms with Crippen LogP contribution in [0.4, 0.5) is 0 Å². The molecule has 0 amide bonds. The zero-order valence-corrected chi connectivity index (χ0v) is 8.91. The third kappa shape index (κ3) is 2.45. The van der Waals surface area contributed by atoms with Crippen molar-refractivity contribution < 1.29 is 14.3 Å². The summed E-state index contributed by atoms with van der Waals surface area (Å²) in [4.78, 5) is 11.6. The molecule has 1 unspecified atom stereocenters. The predicted molar refractivity (Wildman–Crippen MR) is 52.7 cm³/mol. The van der Waals surface area contributed by atoms with Gasteiger partial charge in [-0.05, 0) is 12.3 Å². The summed E-state index contributed by atoms with van der Waals surface area (Å²) in [5.74, 6) is 0.390. The lowest BCUT2D eigenvalue weighted by atomic mass is 9.83. The molecule has 4 heteroatoms. The number of methoxy groups -OCH3 is 2. The molecule has 0 aliphatic heterocycles. The smallest absolute Gasteiger partial charge is 0.315 e. The quantitative estimate of drug-likeness (QED) is 0.637. The highest BCUT2D eigenvalue weighted by Crippen LogP contribution is 2.40. The number of nitrogens with two attached hydrogens (primary N) is 1. The molecule has 0 aromatic rings. The van der Waals surface area contributed by atoms with Gasteiger partial charge in [-0.3, -0.25) is 4.79 Å². The van der Waals surface area contributed by atoms with Gasteiger partial charge in [-0.15, -0.1) is 0 Å². The van der Waals surface area contributed by atoms with Crippen molar-refractivity contribution in [1.82, 2.24) is 0 Å². The average molecular weight is 201 g/mol. The molecule has 0 heterocycles. The zero-order valence-electron chi connectivity index (χ0n) is 8.91. The lowest BCUT2D eigenvalue weighted by Crippen LogP contribution is -2.43. The highest BCUT2D eigenvalue weighted by Gasteiger charge is 2.43. The molecule has 0 spiro atoms. The summed E-state index contributed by atoms with van der Waals surface area (Å²) in [6.07, 6.45) is 3.19. The van der Waals surface area contributed by atoms with E-state index in [2.05, 4.69) is 0 Å². The second-order valence-electron chi connectivity index (χ2n) is 4.06. The Bertz CT molecular complexity index is 204. The van der Waals surface area contributed by atoms with E-state index in [-0.39, 0.29) is 5.97 Å². The lowest BCUT2D eigenvalue weighted by Gasteiger charge is -2.28. The van der Waals surface area contributed by atoms with Gasteiger partial charge in [0, 0.05) is 13.7 Å². The molecule has 0 bridgehead atoms. The van der Waals surface area contributed by atoms with Crippen LogP contribution in [0.5, 0.6) is 0 Å². The van der Waals surface area contributed by atoms with Crippen LogP contribution in [0, 0.1) is 11.3 Å². The van der Waals surface area contributed by atoms with Crippen molar-refractivity contribution in [2.75, 3.05) is 27.4 Å². The monoisotopic (exact) mass is 201 g/mol. The predicted octanol–water partition coefficient (Wildman–Crippen LogP) is 0.551. The molecule has 0 radical (unpaired) electrons. The molecule has 0 saturated heterocycles. The van der Waals surface area contributed by atoms with E-state index in [0.717, 1.165) is 6.42 Å². The molecule has 14 heavy (non-hydrogen) atoms. The molecular weight excluding hydrogens is 182 g/mol. The van der Waals surface area contributed by atoms with Gasteiger partial charge in [0.2, 0.25) is 0 Å². The summed E-state index contributed by atoms with van der Waals surface area (Å²) in [7, 11) is 2.98. The third-order valence-corrected chi connectivity index (χ3v) is 2.81.